The minimum absolute atomic E-state index is 0.295. The van der Waals surface area contributed by atoms with Crippen molar-refractivity contribution in [3.63, 3.8) is 0 Å². The van der Waals surface area contributed by atoms with Gasteiger partial charge in [0.2, 0.25) is 0 Å². The predicted octanol–water partition coefficient (Wildman–Crippen LogP) is 8.04. The highest BCUT2D eigenvalue weighted by Crippen LogP contribution is 2.47. The zero-order valence-electron chi connectivity index (χ0n) is 18.9. The fourth-order valence-corrected chi connectivity index (χ4v) is 4.05. The maximum absolute atomic E-state index is 10.5. The largest absolute Gasteiger partial charge is 0.508 e. The Morgan fingerprint density at radius 2 is 0.857 bits per heavy atom. The van der Waals surface area contributed by atoms with E-state index >= 15 is 0 Å². The van der Waals surface area contributed by atoms with Crippen molar-refractivity contribution >= 4 is 0 Å². The summed E-state index contributed by atoms with van der Waals surface area (Å²) >= 11 is 0. The van der Waals surface area contributed by atoms with Gasteiger partial charge in [-0.25, -0.2) is 0 Å². The lowest BCUT2D eigenvalue weighted by molar-refractivity contribution is 0.471. The summed E-state index contributed by atoms with van der Waals surface area (Å²) in [5.74, 6) is 1.97. The molecule has 0 spiro atoms. The molecule has 0 bridgehead atoms. The molecule has 2 aromatic rings. The Morgan fingerprint density at radius 3 is 1.11 bits per heavy atom. The van der Waals surface area contributed by atoms with Crippen LogP contribution >= 0.6 is 0 Å². The molecule has 28 heavy (non-hydrogen) atoms. The van der Waals surface area contributed by atoms with E-state index in [0.29, 0.717) is 35.2 Å². The average Bonchev–Trinajstić information content (AvgIpc) is 2.65. The van der Waals surface area contributed by atoms with Crippen LogP contribution in [-0.4, -0.2) is 10.2 Å². The smallest absolute Gasteiger partial charge is 0.116 e. The van der Waals surface area contributed by atoms with E-state index < -0.39 is 0 Å². The van der Waals surface area contributed by atoms with E-state index in [1.54, 1.807) is 0 Å². The topological polar surface area (TPSA) is 40.5 Å². The van der Waals surface area contributed by atoms with Crippen LogP contribution in [0.3, 0.4) is 0 Å². The molecule has 2 unspecified atom stereocenters. The van der Waals surface area contributed by atoms with Crippen molar-refractivity contribution in [1.29, 1.82) is 0 Å². The second-order valence-corrected chi connectivity index (χ2v) is 8.93. The number of phenols is 2. The molecular weight excluding hydrogens is 344 g/mol. The number of aromatic hydroxyl groups is 2. The summed E-state index contributed by atoms with van der Waals surface area (Å²) in [5.41, 5.74) is 7.33. The van der Waals surface area contributed by atoms with Crippen LogP contribution in [0.4, 0.5) is 0 Å². The van der Waals surface area contributed by atoms with Gasteiger partial charge in [0.25, 0.3) is 0 Å². The fourth-order valence-electron chi connectivity index (χ4n) is 4.05. The molecule has 2 N–H and O–H groups in total. The Balaban J connectivity index is 3.05. The van der Waals surface area contributed by atoms with Crippen molar-refractivity contribution in [3.8, 4) is 22.6 Å². The van der Waals surface area contributed by atoms with E-state index in [-0.39, 0.29) is 0 Å². The molecule has 0 aliphatic heterocycles. The molecular formula is C26H38O2. The Morgan fingerprint density at radius 1 is 0.571 bits per heavy atom. The zero-order chi connectivity index (χ0) is 21.2. The summed E-state index contributed by atoms with van der Waals surface area (Å²) in [6, 6.07) is 7.77. The zero-order valence-corrected chi connectivity index (χ0v) is 18.9. The SMILES string of the molecule is CCC(C)c1cc(O)cc(C(C)C)c1-c1c(C(C)C)cc(O)cc1C(C)CC. The summed E-state index contributed by atoms with van der Waals surface area (Å²) < 4.78 is 0. The average molecular weight is 383 g/mol. The Hall–Kier alpha value is -1.96. The molecule has 2 nitrogen and oxygen atoms in total. The normalized spacial score (nSPS) is 13.9. The monoisotopic (exact) mass is 382 g/mol. The van der Waals surface area contributed by atoms with Gasteiger partial charge in [-0.2, -0.15) is 0 Å². The summed E-state index contributed by atoms with van der Waals surface area (Å²) in [7, 11) is 0. The van der Waals surface area contributed by atoms with Gasteiger partial charge >= 0.3 is 0 Å². The molecule has 0 saturated heterocycles. The van der Waals surface area contributed by atoms with Crippen molar-refractivity contribution in [2.75, 3.05) is 0 Å². The van der Waals surface area contributed by atoms with Gasteiger partial charge in [-0.1, -0.05) is 55.4 Å². The number of hydrogen-bond acceptors (Lipinski definition) is 2. The van der Waals surface area contributed by atoms with Gasteiger partial charge in [0.15, 0.2) is 0 Å². The molecule has 0 radical (unpaired) electrons. The second-order valence-electron chi connectivity index (χ2n) is 8.93. The number of rotatable bonds is 7. The summed E-state index contributed by atoms with van der Waals surface area (Å²) in [4.78, 5) is 0. The summed E-state index contributed by atoms with van der Waals surface area (Å²) in [5, 5.41) is 20.9. The molecule has 2 heteroatoms. The van der Waals surface area contributed by atoms with Gasteiger partial charge in [-0.3, -0.25) is 0 Å². The Bertz CT molecular complexity index is 748. The van der Waals surface area contributed by atoms with Gasteiger partial charge < -0.3 is 10.2 Å². The minimum atomic E-state index is 0.295. The van der Waals surface area contributed by atoms with E-state index in [9.17, 15) is 10.2 Å². The molecule has 0 heterocycles. The number of phenolic OH excluding ortho intramolecular Hbond substituents is 2. The summed E-state index contributed by atoms with van der Waals surface area (Å²) in [6.45, 7) is 17.6. The maximum Gasteiger partial charge on any atom is 0.116 e. The first-order valence-corrected chi connectivity index (χ1v) is 10.9. The lowest BCUT2D eigenvalue weighted by Crippen LogP contribution is -2.08. The molecule has 2 atom stereocenters. The van der Waals surface area contributed by atoms with E-state index in [1.807, 2.05) is 24.3 Å². The third-order valence-electron chi connectivity index (χ3n) is 6.15. The third kappa shape index (κ3) is 4.37. The Labute approximate surface area is 171 Å². The third-order valence-corrected chi connectivity index (χ3v) is 6.15. The van der Waals surface area contributed by atoms with E-state index in [1.165, 1.54) is 33.4 Å². The van der Waals surface area contributed by atoms with E-state index in [4.69, 9.17) is 0 Å². The Kier molecular flexibility index (Phi) is 7.20. The first kappa shape index (κ1) is 22.3. The van der Waals surface area contributed by atoms with Crippen molar-refractivity contribution in [2.24, 2.45) is 0 Å². The molecule has 0 aliphatic rings. The van der Waals surface area contributed by atoms with E-state index in [2.05, 4.69) is 55.4 Å². The fraction of sp³-hybridized carbons (Fsp3) is 0.538. The van der Waals surface area contributed by atoms with Gasteiger partial charge in [0, 0.05) is 0 Å². The number of hydrogen-bond donors (Lipinski definition) is 2. The van der Waals surface area contributed by atoms with E-state index in [0.717, 1.165) is 12.8 Å². The van der Waals surface area contributed by atoms with Crippen molar-refractivity contribution in [1.82, 2.24) is 0 Å². The highest BCUT2D eigenvalue weighted by molar-refractivity contribution is 5.80. The first-order valence-electron chi connectivity index (χ1n) is 10.9. The van der Waals surface area contributed by atoms with Crippen LogP contribution in [0.15, 0.2) is 24.3 Å². The van der Waals surface area contributed by atoms with Crippen LogP contribution in [0.25, 0.3) is 11.1 Å². The van der Waals surface area contributed by atoms with Crippen LogP contribution in [0, 0.1) is 0 Å². The highest BCUT2D eigenvalue weighted by Gasteiger charge is 2.25. The lowest BCUT2D eigenvalue weighted by atomic mass is 9.76. The predicted molar refractivity (Wildman–Crippen MR) is 121 cm³/mol. The lowest BCUT2D eigenvalue weighted by Gasteiger charge is -2.28. The number of benzene rings is 2. The van der Waals surface area contributed by atoms with Gasteiger partial charge in [-0.15, -0.1) is 0 Å². The molecule has 0 saturated carbocycles. The molecule has 0 amide bonds. The molecule has 154 valence electrons. The van der Waals surface area contributed by atoms with Crippen LogP contribution in [0.2, 0.25) is 0 Å². The molecule has 0 aliphatic carbocycles. The quantitative estimate of drug-likeness (QED) is 0.508. The minimum Gasteiger partial charge on any atom is -0.508 e. The second kappa shape index (κ2) is 9.03. The van der Waals surface area contributed by atoms with Crippen molar-refractivity contribution in [3.05, 3.63) is 46.5 Å². The molecule has 2 aromatic carbocycles. The maximum atomic E-state index is 10.5. The van der Waals surface area contributed by atoms with Crippen molar-refractivity contribution in [2.45, 2.75) is 91.9 Å². The highest BCUT2D eigenvalue weighted by atomic mass is 16.3. The molecule has 0 aromatic heterocycles. The van der Waals surface area contributed by atoms with Crippen molar-refractivity contribution < 1.29 is 10.2 Å². The van der Waals surface area contributed by atoms with Gasteiger partial charge in [0.1, 0.15) is 11.5 Å². The van der Waals surface area contributed by atoms with Gasteiger partial charge in [-0.05, 0) is 94.2 Å². The standard InChI is InChI=1S/C26H38O2/c1-9-17(7)23-13-19(27)11-21(15(3)4)25(23)26-22(16(5)6)12-20(28)14-24(26)18(8)10-2/h11-18,27-28H,9-10H2,1-8H3. The first-order chi connectivity index (χ1) is 13.1. The van der Waals surface area contributed by atoms with Gasteiger partial charge in [0.05, 0.1) is 0 Å². The molecule has 0 fully saturated rings. The van der Waals surface area contributed by atoms with Crippen LogP contribution < -0.4 is 0 Å². The van der Waals surface area contributed by atoms with Crippen LogP contribution in [0.1, 0.15) is 114 Å². The summed E-state index contributed by atoms with van der Waals surface area (Å²) in [6.07, 6.45) is 2.03. The van der Waals surface area contributed by atoms with Crippen LogP contribution in [0.5, 0.6) is 11.5 Å². The molecule has 2 rings (SSSR count). The van der Waals surface area contributed by atoms with Crippen LogP contribution in [-0.2, 0) is 0 Å².